The summed E-state index contributed by atoms with van der Waals surface area (Å²) in [6.07, 6.45) is 10.3. The molecule has 1 fully saturated rings. The van der Waals surface area contributed by atoms with E-state index in [0.29, 0.717) is 5.92 Å². The third kappa shape index (κ3) is 5.60. The number of hydrogen-bond acceptors (Lipinski definition) is 5. The fraction of sp³-hybridized carbons (Fsp3) is 0.522. The van der Waals surface area contributed by atoms with E-state index in [9.17, 15) is 15.3 Å². The van der Waals surface area contributed by atoms with Crippen LogP contribution in [0.1, 0.15) is 69.4 Å². The van der Waals surface area contributed by atoms with Crippen LogP contribution >= 0.6 is 0 Å². The minimum atomic E-state index is -0.313. The fourth-order valence-corrected chi connectivity index (χ4v) is 3.70. The minimum absolute atomic E-state index is 0.0330. The van der Waals surface area contributed by atoms with E-state index in [2.05, 4.69) is 13.5 Å². The lowest BCUT2D eigenvalue weighted by Crippen LogP contribution is -2.26. The second-order valence-electron chi connectivity index (χ2n) is 7.27. The van der Waals surface area contributed by atoms with Crippen molar-refractivity contribution in [3.05, 3.63) is 35.9 Å². The van der Waals surface area contributed by atoms with E-state index in [-0.39, 0.29) is 41.1 Å². The van der Waals surface area contributed by atoms with E-state index >= 15 is 0 Å². The van der Waals surface area contributed by atoms with Gasteiger partial charge in [0.25, 0.3) is 0 Å². The van der Waals surface area contributed by atoms with Crippen molar-refractivity contribution in [3.63, 3.8) is 0 Å². The molecule has 0 spiro atoms. The SMILES string of the molecule is C=CCOc1ccc(OC(=O)[C@H]2CC[C@H](CCCCC)CC2)c(C#N)c1C#N. The summed E-state index contributed by atoms with van der Waals surface area (Å²) in [5, 5.41) is 18.9. The lowest BCUT2D eigenvalue weighted by atomic mass is 9.80. The number of hydrogen-bond donors (Lipinski definition) is 0. The van der Waals surface area contributed by atoms with Crippen LogP contribution in [-0.4, -0.2) is 12.6 Å². The quantitative estimate of drug-likeness (QED) is 0.252. The highest BCUT2D eigenvalue weighted by Crippen LogP contribution is 2.34. The van der Waals surface area contributed by atoms with E-state index in [1.54, 1.807) is 12.1 Å². The number of unbranched alkanes of at least 4 members (excludes halogenated alkanes) is 2. The van der Waals surface area contributed by atoms with E-state index in [1.807, 2.05) is 12.1 Å². The number of carbonyl (C=O) groups excluding carboxylic acids is 1. The number of nitriles is 2. The van der Waals surface area contributed by atoms with Crippen molar-refractivity contribution >= 4 is 5.97 Å². The van der Waals surface area contributed by atoms with Crippen molar-refractivity contribution in [1.82, 2.24) is 0 Å². The van der Waals surface area contributed by atoms with Gasteiger partial charge in [0.05, 0.1) is 5.92 Å². The molecule has 1 aliphatic carbocycles. The molecule has 1 aliphatic rings. The molecular formula is C23H28N2O3. The molecule has 0 saturated heterocycles. The monoisotopic (exact) mass is 380 g/mol. The van der Waals surface area contributed by atoms with Gasteiger partial charge in [0.15, 0.2) is 0 Å². The molecule has 5 nitrogen and oxygen atoms in total. The molecule has 1 aromatic rings. The highest BCUT2D eigenvalue weighted by molar-refractivity contribution is 5.77. The molecule has 0 aliphatic heterocycles. The zero-order valence-electron chi connectivity index (χ0n) is 16.6. The summed E-state index contributed by atoms with van der Waals surface area (Å²) < 4.78 is 10.9. The molecule has 0 radical (unpaired) electrons. The Morgan fingerprint density at radius 2 is 1.79 bits per heavy atom. The smallest absolute Gasteiger partial charge is 0.314 e. The Morgan fingerprint density at radius 1 is 1.14 bits per heavy atom. The number of ether oxygens (including phenoxy) is 2. The predicted octanol–water partition coefficient (Wildman–Crippen LogP) is 5.29. The number of benzene rings is 1. The summed E-state index contributed by atoms with van der Waals surface area (Å²) in [6, 6.07) is 7.02. The summed E-state index contributed by atoms with van der Waals surface area (Å²) in [4.78, 5) is 12.6. The van der Waals surface area contributed by atoms with Gasteiger partial charge < -0.3 is 9.47 Å². The maximum absolute atomic E-state index is 12.6. The molecule has 1 aromatic carbocycles. The average Bonchev–Trinajstić information content (AvgIpc) is 2.72. The Bertz CT molecular complexity index is 765. The lowest BCUT2D eigenvalue weighted by molar-refractivity contribution is -0.140. The number of rotatable bonds is 9. The Hall–Kier alpha value is -2.79. The van der Waals surface area contributed by atoms with Crippen LogP contribution in [-0.2, 0) is 4.79 Å². The molecule has 5 heteroatoms. The number of carbonyl (C=O) groups is 1. The largest absolute Gasteiger partial charge is 0.488 e. The van der Waals surface area contributed by atoms with Gasteiger partial charge >= 0.3 is 5.97 Å². The molecule has 148 valence electrons. The standard InChI is InChI=1S/C23H28N2O3/c1-3-5-6-7-17-8-10-18(11-9-17)23(26)28-22-13-12-21(27-14-4-2)19(15-24)20(22)16-25/h4,12-13,17-18H,2-3,5-11,14H2,1H3/t17-,18-. The molecule has 0 amide bonds. The molecule has 0 heterocycles. The van der Waals surface area contributed by atoms with Crippen molar-refractivity contribution in [1.29, 1.82) is 10.5 Å². The summed E-state index contributed by atoms with van der Waals surface area (Å²) in [5.74, 6) is 0.659. The lowest BCUT2D eigenvalue weighted by Gasteiger charge is -2.27. The van der Waals surface area contributed by atoms with Crippen LogP contribution in [0, 0.1) is 34.5 Å². The van der Waals surface area contributed by atoms with E-state index in [4.69, 9.17) is 9.47 Å². The zero-order valence-corrected chi connectivity index (χ0v) is 16.6. The highest BCUT2D eigenvalue weighted by Gasteiger charge is 2.28. The van der Waals surface area contributed by atoms with Crippen LogP contribution in [0.15, 0.2) is 24.8 Å². The van der Waals surface area contributed by atoms with Crippen molar-refractivity contribution in [2.24, 2.45) is 11.8 Å². The van der Waals surface area contributed by atoms with Crippen LogP contribution in [0.4, 0.5) is 0 Å². The third-order valence-corrected chi connectivity index (χ3v) is 5.32. The van der Waals surface area contributed by atoms with E-state index < -0.39 is 0 Å². The van der Waals surface area contributed by atoms with Crippen LogP contribution in [0.2, 0.25) is 0 Å². The summed E-state index contributed by atoms with van der Waals surface area (Å²) in [6.45, 7) is 6.00. The highest BCUT2D eigenvalue weighted by atomic mass is 16.5. The van der Waals surface area contributed by atoms with Gasteiger partial charge in [-0.05, 0) is 43.7 Å². The average molecular weight is 380 g/mol. The molecule has 0 aromatic heterocycles. The van der Waals surface area contributed by atoms with Crippen molar-refractivity contribution in [2.75, 3.05) is 6.61 Å². The van der Waals surface area contributed by atoms with Gasteiger partial charge in [-0.1, -0.05) is 45.3 Å². The summed E-state index contributed by atoms with van der Waals surface area (Å²) in [5.41, 5.74) is 0.111. The number of esters is 1. The van der Waals surface area contributed by atoms with Crippen LogP contribution < -0.4 is 9.47 Å². The molecule has 1 saturated carbocycles. The van der Waals surface area contributed by atoms with Crippen molar-refractivity contribution in [2.45, 2.75) is 58.3 Å². The van der Waals surface area contributed by atoms with Gasteiger partial charge in [0.1, 0.15) is 41.4 Å². The van der Waals surface area contributed by atoms with Gasteiger partial charge in [-0.15, -0.1) is 0 Å². The van der Waals surface area contributed by atoms with E-state index in [1.165, 1.54) is 31.7 Å². The van der Waals surface area contributed by atoms with Gasteiger partial charge in [-0.3, -0.25) is 4.79 Å². The van der Waals surface area contributed by atoms with Gasteiger partial charge in [0.2, 0.25) is 0 Å². The van der Waals surface area contributed by atoms with Crippen molar-refractivity contribution < 1.29 is 14.3 Å². The first kappa shape index (κ1) is 21.5. The Balaban J connectivity index is 2.01. The molecule has 28 heavy (non-hydrogen) atoms. The molecule has 0 unspecified atom stereocenters. The van der Waals surface area contributed by atoms with Crippen LogP contribution in [0.5, 0.6) is 11.5 Å². The first-order valence-corrected chi connectivity index (χ1v) is 10.1. The Morgan fingerprint density at radius 3 is 2.39 bits per heavy atom. The summed E-state index contributed by atoms with van der Waals surface area (Å²) in [7, 11) is 0. The molecule has 2 rings (SSSR count). The summed E-state index contributed by atoms with van der Waals surface area (Å²) >= 11 is 0. The first-order valence-electron chi connectivity index (χ1n) is 10.1. The topological polar surface area (TPSA) is 83.1 Å². The number of nitrogens with zero attached hydrogens (tertiary/aromatic N) is 2. The Kier molecular flexibility index (Phi) is 8.56. The van der Waals surface area contributed by atoms with E-state index in [0.717, 1.165) is 25.7 Å². The van der Waals surface area contributed by atoms with Gasteiger partial charge in [-0.25, -0.2) is 0 Å². The first-order chi connectivity index (χ1) is 13.6. The third-order valence-electron chi connectivity index (χ3n) is 5.32. The molecule has 0 bridgehead atoms. The predicted molar refractivity (Wildman–Crippen MR) is 107 cm³/mol. The molecular weight excluding hydrogens is 352 g/mol. The minimum Gasteiger partial charge on any atom is -0.488 e. The normalized spacial score (nSPS) is 18.5. The van der Waals surface area contributed by atoms with Crippen molar-refractivity contribution in [3.8, 4) is 23.6 Å². The maximum Gasteiger partial charge on any atom is 0.314 e. The fourth-order valence-electron chi connectivity index (χ4n) is 3.70. The molecule has 0 N–H and O–H groups in total. The van der Waals surface area contributed by atoms with Gasteiger partial charge in [-0.2, -0.15) is 10.5 Å². The van der Waals surface area contributed by atoms with Gasteiger partial charge in [0, 0.05) is 0 Å². The second kappa shape index (κ2) is 11.1. The zero-order chi connectivity index (χ0) is 20.4. The second-order valence-corrected chi connectivity index (χ2v) is 7.27. The van der Waals surface area contributed by atoms with Crippen LogP contribution in [0.3, 0.4) is 0 Å². The Labute approximate surface area is 167 Å². The molecule has 0 atom stereocenters. The van der Waals surface area contributed by atoms with Crippen LogP contribution in [0.25, 0.3) is 0 Å². The maximum atomic E-state index is 12.6.